The Kier molecular flexibility index (Phi) is 4.84. The van der Waals surface area contributed by atoms with Gasteiger partial charge in [-0.2, -0.15) is 0 Å². The number of piperidine rings is 1. The van der Waals surface area contributed by atoms with Gasteiger partial charge in [-0.1, -0.05) is 0 Å². The third-order valence-electron chi connectivity index (χ3n) is 3.59. The van der Waals surface area contributed by atoms with E-state index in [-0.39, 0.29) is 18.3 Å². The molecule has 1 aromatic carbocycles. The molecule has 0 radical (unpaired) electrons. The van der Waals surface area contributed by atoms with Crippen LogP contribution in [0, 0.1) is 11.8 Å². The Labute approximate surface area is 108 Å². The molecule has 1 aromatic rings. The number of rotatable bonds is 5. The second kappa shape index (κ2) is 6.61. The van der Waals surface area contributed by atoms with Gasteiger partial charge < -0.3 is 20.3 Å². The summed E-state index contributed by atoms with van der Waals surface area (Å²) in [5.74, 6) is 1.70. The molecule has 1 aliphatic rings. The van der Waals surface area contributed by atoms with E-state index in [9.17, 15) is 10.2 Å². The molecule has 0 aliphatic carbocycles. The van der Waals surface area contributed by atoms with Gasteiger partial charge in [0, 0.05) is 12.5 Å². The third kappa shape index (κ3) is 3.62. The van der Waals surface area contributed by atoms with Gasteiger partial charge in [-0.3, -0.25) is 0 Å². The van der Waals surface area contributed by atoms with Gasteiger partial charge in [0.1, 0.15) is 11.5 Å². The number of ether oxygens (including phenoxy) is 1. The minimum atomic E-state index is 0.169. The molecule has 1 aliphatic heterocycles. The van der Waals surface area contributed by atoms with Gasteiger partial charge in [-0.05, 0) is 56.1 Å². The summed E-state index contributed by atoms with van der Waals surface area (Å²) in [6.45, 7) is 2.76. The molecule has 1 unspecified atom stereocenters. The molecule has 2 rings (SSSR count). The van der Waals surface area contributed by atoms with E-state index in [0.717, 1.165) is 31.7 Å². The van der Waals surface area contributed by atoms with Crippen molar-refractivity contribution >= 4 is 0 Å². The van der Waals surface area contributed by atoms with Crippen LogP contribution < -0.4 is 10.1 Å². The average molecular weight is 251 g/mol. The first kappa shape index (κ1) is 13.2. The Morgan fingerprint density at radius 2 is 1.89 bits per heavy atom. The highest BCUT2D eigenvalue weighted by Crippen LogP contribution is 2.23. The van der Waals surface area contributed by atoms with E-state index >= 15 is 0 Å². The van der Waals surface area contributed by atoms with Crippen LogP contribution in [0.2, 0.25) is 0 Å². The molecule has 4 heteroatoms. The van der Waals surface area contributed by atoms with Crippen LogP contribution in [0.25, 0.3) is 0 Å². The van der Waals surface area contributed by atoms with Gasteiger partial charge in [0.05, 0.1) is 6.61 Å². The van der Waals surface area contributed by atoms with Crippen molar-refractivity contribution in [1.82, 2.24) is 5.32 Å². The first-order valence-corrected chi connectivity index (χ1v) is 6.53. The molecule has 3 N–H and O–H groups in total. The number of benzene rings is 1. The zero-order valence-electron chi connectivity index (χ0n) is 10.5. The molecule has 1 saturated heterocycles. The zero-order chi connectivity index (χ0) is 12.8. The maximum absolute atomic E-state index is 9.46. The molecule has 4 nitrogen and oxygen atoms in total. The number of phenols is 1. The summed E-state index contributed by atoms with van der Waals surface area (Å²) in [6.07, 6.45) is 2.20. The van der Waals surface area contributed by atoms with E-state index in [4.69, 9.17) is 4.74 Å². The Balaban J connectivity index is 1.84. The fourth-order valence-corrected chi connectivity index (χ4v) is 2.40. The summed E-state index contributed by atoms with van der Waals surface area (Å²) < 4.78 is 5.68. The summed E-state index contributed by atoms with van der Waals surface area (Å²) in [5, 5.41) is 22.0. The zero-order valence-corrected chi connectivity index (χ0v) is 10.5. The minimum absolute atomic E-state index is 0.169. The van der Waals surface area contributed by atoms with E-state index in [1.807, 2.05) is 0 Å². The van der Waals surface area contributed by atoms with Crippen LogP contribution in [-0.2, 0) is 0 Å². The topological polar surface area (TPSA) is 61.7 Å². The fraction of sp³-hybridized carbons (Fsp3) is 0.571. The van der Waals surface area contributed by atoms with E-state index in [2.05, 4.69) is 5.32 Å². The number of hydrogen-bond acceptors (Lipinski definition) is 4. The van der Waals surface area contributed by atoms with Crippen LogP contribution >= 0.6 is 0 Å². The quantitative estimate of drug-likeness (QED) is 0.740. The number of aromatic hydroxyl groups is 1. The van der Waals surface area contributed by atoms with Crippen molar-refractivity contribution in [1.29, 1.82) is 0 Å². The Bertz CT molecular complexity index is 347. The summed E-state index contributed by atoms with van der Waals surface area (Å²) in [7, 11) is 0. The van der Waals surface area contributed by atoms with Crippen LogP contribution in [0.15, 0.2) is 24.3 Å². The molecular weight excluding hydrogens is 230 g/mol. The lowest BCUT2D eigenvalue weighted by Gasteiger charge is -2.29. The van der Waals surface area contributed by atoms with Crippen molar-refractivity contribution in [3.05, 3.63) is 24.3 Å². The molecule has 0 amide bonds. The summed E-state index contributed by atoms with van der Waals surface area (Å²) in [6, 6.07) is 6.69. The van der Waals surface area contributed by atoms with E-state index in [1.54, 1.807) is 24.3 Å². The van der Waals surface area contributed by atoms with Gasteiger partial charge >= 0.3 is 0 Å². The number of nitrogens with one attached hydrogen (secondary N) is 1. The first-order valence-electron chi connectivity index (χ1n) is 6.53. The molecule has 18 heavy (non-hydrogen) atoms. The molecule has 0 saturated carbocycles. The molecule has 1 fully saturated rings. The van der Waals surface area contributed by atoms with Crippen molar-refractivity contribution in [3.63, 3.8) is 0 Å². The second-order valence-electron chi connectivity index (χ2n) is 4.83. The predicted octanol–water partition coefficient (Wildman–Crippen LogP) is 1.38. The number of phenolic OH excluding ortho intramolecular Hbond substituents is 1. The van der Waals surface area contributed by atoms with E-state index in [1.165, 1.54) is 0 Å². The maximum Gasteiger partial charge on any atom is 0.119 e. The Morgan fingerprint density at radius 3 is 2.50 bits per heavy atom. The molecule has 0 spiro atoms. The highest BCUT2D eigenvalue weighted by atomic mass is 16.5. The van der Waals surface area contributed by atoms with Gasteiger partial charge in [-0.15, -0.1) is 0 Å². The van der Waals surface area contributed by atoms with E-state index < -0.39 is 0 Å². The largest absolute Gasteiger partial charge is 0.508 e. The monoisotopic (exact) mass is 251 g/mol. The summed E-state index contributed by atoms with van der Waals surface area (Å²) >= 11 is 0. The number of hydrogen-bond donors (Lipinski definition) is 3. The minimum Gasteiger partial charge on any atom is -0.508 e. The van der Waals surface area contributed by atoms with Crippen molar-refractivity contribution in [2.24, 2.45) is 11.8 Å². The van der Waals surface area contributed by atoms with Crippen molar-refractivity contribution < 1.29 is 14.9 Å². The highest BCUT2D eigenvalue weighted by molar-refractivity contribution is 5.30. The molecule has 1 atom stereocenters. The van der Waals surface area contributed by atoms with Crippen molar-refractivity contribution in [2.45, 2.75) is 12.8 Å². The smallest absolute Gasteiger partial charge is 0.119 e. The van der Waals surface area contributed by atoms with Crippen LogP contribution in [0.4, 0.5) is 0 Å². The van der Waals surface area contributed by atoms with Gasteiger partial charge in [0.15, 0.2) is 0 Å². The Hall–Kier alpha value is -1.26. The van der Waals surface area contributed by atoms with Crippen LogP contribution in [-0.4, -0.2) is 36.5 Å². The van der Waals surface area contributed by atoms with Gasteiger partial charge in [0.25, 0.3) is 0 Å². The van der Waals surface area contributed by atoms with Crippen LogP contribution in [0.5, 0.6) is 11.5 Å². The normalized spacial score (nSPS) is 18.5. The maximum atomic E-state index is 9.46. The molecule has 1 heterocycles. The number of aliphatic hydroxyl groups is 1. The molecular formula is C14H21NO3. The second-order valence-corrected chi connectivity index (χ2v) is 4.83. The fourth-order valence-electron chi connectivity index (χ4n) is 2.40. The summed E-state index contributed by atoms with van der Waals surface area (Å²) in [4.78, 5) is 0. The standard InChI is InChI=1S/C14H21NO3/c16-9-12(11-5-7-15-8-6-11)10-18-14-3-1-13(17)2-4-14/h1-4,11-12,15-17H,5-10H2. The third-order valence-corrected chi connectivity index (χ3v) is 3.59. The van der Waals surface area contributed by atoms with Gasteiger partial charge in [0.2, 0.25) is 0 Å². The lowest BCUT2D eigenvalue weighted by Crippen LogP contribution is -2.35. The predicted molar refractivity (Wildman–Crippen MR) is 69.8 cm³/mol. The van der Waals surface area contributed by atoms with Crippen molar-refractivity contribution in [3.8, 4) is 11.5 Å². The average Bonchev–Trinajstić information content (AvgIpc) is 2.43. The Morgan fingerprint density at radius 1 is 1.22 bits per heavy atom. The lowest BCUT2D eigenvalue weighted by molar-refractivity contribution is 0.102. The summed E-state index contributed by atoms with van der Waals surface area (Å²) in [5.41, 5.74) is 0. The van der Waals surface area contributed by atoms with Crippen LogP contribution in [0.3, 0.4) is 0 Å². The SMILES string of the molecule is OCC(COc1ccc(O)cc1)C1CCNCC1. The molecule has 100 valence electrons. The van der Waals surface area contributed by atoms with E-state index in [0.29, 0.717) is 12.5 Å². The first-order chi connectivity index (χ1) is 8.79. The molecule has 0 aromatic heterocycles. The molecule has 0 bridgehead atoms. The highest BCUT2D eigenvalue weighted by Gasteiger charge is 2.23. The van der Waals surface area contributed by atoms with Gasteiger partial charge in [-0.25, -0.2) is 0 Å². The lowest BCUT2D eigenvalue weighted by atomic mass is 9.86. The van der Waals surface area contributed by atoms with Crippen LogP contribution in [0.1, 0.15) is 12.8 Å². The number of aliphatic hydroxyl groups excluding tert-OH is 1. The van der Waals surface area contributed by atoms with Crippen molar-refractivity contribution in [2.75, 3.05) is 26.3 Å².